The lowest BCUT2D eigenvalue weighted by atomic mass is 10.1. The Balaban J connectivity index is 0.000000224. The van der Waals surface area contributed by atoms with Crippen molar-refractivity contribution in [2.24, 2.45) is 0 Å². The van der Waals surface area contributed by atoms with Crippen molar-refractivity contribution in [1.29, 1.82) is 0 Å². The summed E-state index contributed by atoms with van der Waals surface area (Å²) < 4.78 is 10.0. The van der Waals surface area contributed by atoms with E-state index in [0.717, 1.165) is 11.1 Å². The maximum absolute atomic E-state index is 10.6. The van der Waals surface area contributed by atoms with E-state index in [1.807, 2.05) is 35.6 Å². The number of hydrogen-bond acceptors (Lipinski definition) is 6. The molecule has 0 atom stereocenters. The molecule has 1 aromatic rings. The lowest BCUT2D eigenvalue weighted by Crippen LogP contribution is -2.39. The number of halogens is 1. The van der Waals surface area contributed by atoms with Crippen molar-refractivity contribution in [2.45, 2.75) is 39.9 Å². The lowest BCUT2D eigenvalue weighted by Gasteiger charge is -2.28. The minimum absolute atomic E-state index is 0.232. The Labute approximate surface area is 141 Å². The standard InChI is InChI=1S/C8H8INO2.C6H8O4/c1-5-3-4-7(9)8(6(5)2)10(11)12;1-6(2)9-4(7)3-5(8)10-6/h3-4H,1-2H3;3H2,1-2H3. The third-order valence-electron chi connectivity index (χ3n) is 2.84. The summed E-state index contributed by atoms with van der Waals surface area (Å²) in [5.41, 5.74) is 1.95. The van der Waals surface area contributed by atoms with Gasteiger partial charge in [0.15, 0.2) is 0 Å². The van der Waals surface area contributed by atoms with Gasteiger partial charge in [0.25, 0.3) is 11.5 Å². The van der Waals surface area contributed by atoms with Crippen LogP contribution in [0.5, 0.6) is 0 Å². The predicted molar refractivity (Wildman–Crippen MR) is 86.2 cm³/mol. The zero-order chi connectivity index (χ0) is 17.1. The molecule has 8 heteroatoms. The molecule has 1 aromatic carbocycles. The maximum Gasteiger partial charge on any atom is 0.320 e. The topological polar surface area (TPSA) is 95.7 Å². The van der Waals surface area contributed by atoms with E-state index in [-0.39, 0.29) is 17.0 Å². The molecule has 0 bridgehead atoms. The van der Waals surface area contributed by atoms with E-state index in [0.29, 0.717) is 3.57 Å². The van der Waals surface area contributed by atoms with Crippen molar-refractivity contribution in [3.05, 3.63) is 36.9 Å². The van der Waals surface area contributed by atoms with E-state index in [2.05, 4.69) is 9.47 Å². The van der Waals surface area contributed by atoms with E-state index in [1.165, 1.54) is 13.8 Å². The summed E-state index contributed by atoms with van der Waals surface area (Å²) >= 11 is 1.98. The second-order valence-corrected chi connectivity index (χ2v) is 6.28. The molecule has 0 saturated carbocycles. The van der Waals surface area contributed by atoms with Crippen LogP contribution in [-0.2, 0) is 19.1 Å². The summed E-state index contributed by atoms with van der Waals surface area (Å²) in [4.78, 5) is 31.4. The first-order valence-electron chi connectivity index (χ1n) is 6.37. The van der Waals surface area contributed by atoms with E-state index in [4.69, 9.17) is 0 Å². The molecule has 7 nitrogen and oxygen atoms in total. The Bertz CT molecular complexity index is 608. The number of cyclic esters (lactones) is 2. The molecule has 0 N–H and O–H groups in total. The molecule has 1 fully saturated rings. The van der Waals surface area contributed by atoms with Crippen LogP contribution in [0.1, 0.15) is 31.4 Å². The van der Waals surface area contributed by atoms with Crippen LogP contribution in [0.15, 0.2) is 12.1 Å². The Morgan fingerprint density at radius 3 is 2.05 bits per heavy atom. The van der Waals surface area contributed by atoms with Crippen LogP contribution in [0.4, 0.5) is 5.69 Å². The third-order valence-corrected chi connectivity index (χ3v) is 3.71. The van der Waals surface area contributed by atoms with Gasteiger partial charge in [-0.3, -0.25) is 19.7 Å². The van der Waals surface area contributed by atoms with Gasteiger partial charge in [0, 0.05) is 19.4 Å². The molecule has 1 aliphatic rings. The van der Waals surface area contributed by atoms with Crippen LogP contribution in [0.25, 0.3) is 0 Å². The molecule has 0 unspecified atom stereocenters. The van der Waals surface area contributed by atoms with Crippen molar-refractivity contribution < 1.29 is 24.0 Å². The van der Waals surface area contributed by atoms with Gasteiger partial charge < -0.3 is 9.47 Å². The summed E-state index contributed by atoms with van der Waals surface area (Å²) in [6.45, 7) is 6.68. The summed E-state index contributed by atoms with van der Waals surface area (Å²) in [6.07, 6.45) is -0.274. The summed E-state index contributed by atoms with van der Waals surface area (Å²) in [7, 11) is 0. The smallest absolute Gasteiger partial charge is 0.320 e. The van der Waals surface area contributed by atoms with Crippen LogP contribution < -0.4 is 0 Å². The average molecular weight is 421 g/mol. The van der Waals surface area contributed by atoms with Gasteiger partial charge in [-0.25, -0.2) is 0 Å². The van der Waals surface area contributed by atoms with E-state index in [1.54, 1.807) is 13.0 Å². The number of nitro benzene ring substituents is 1. The highest BCUT2D eigenvalue weighted by molar-refractivity contribution is 14.1. The van der Waals surface area contributed by atoms with E-state index in [9.17, 15) is 19.7 Å². The highest BCUT2D eigenvalue weighted by Crippen LogP contribution is 2.26. The monoisotopic (exact) mass is 421 g/mol. The number of benzene rings is 1. The number of nitro groups is 1. The molecule has 1 heterocycles. The number of nitrogens with zero attached hydrogens (tertiary/aromatic N) is 1. The normalized spacial score (nSPS) is 16.0. The number of rotatable bonds is 1. The molecule has 0 radical (unpaired) electrons. The summed E-state index contributed by atoms with van der Waals surface area (Å²) in [5, 5.41) is 10.6. The van der Waals surface area contributed by atoms with Gasteiger partial charge in [-0.05, 0) is 48.1 Å². The zero-order valence-corrected chi connectivity index (χ0v) is 14.8. The van der Waals surface area contributed by atoms with Gasteiger partial charge in [0.2, 0.25) is 0 Å². The highest BCUT2D eigenvalue weighted by Gasteiger charge is 2.34. The SMILES string of the molecule is CC1(C)OC(=O)CC(=O)O1.Cc1ccc(I)c([N+](=O)[O-])c1C. The molecule has 1 aliphatic heterocycles. The fourth-order valence-corrected chi connectivity index (χ4v) is 2.53. The number of aryl methyl sites for hydroxylation is 1. The van der Waals surface area contributed by atoms with Gasteiger partial charge in [-0.1, -0.05) is 6.07 Å². The fraction of sp³-hybridized carbons (Fsp3) is 0.429. The molecule has 22 heavy (non-hydrogen) atoms. The minimum Gasteiger partial charge on any atom is -0.423 e. The Hall–Kier alpha value is -1.71. The summed E-state index contributed by atoms with van der Waals surface area (Å²) in [5.74, 6) is -2.13. The molecule has 1 saturated heterocycles. The van der Waals surface area contributed by atoms with Gasteiger partial charge in [-0.15, -0.1) is 0 Å². The first-order valence-corrected chi connectivity index (χ1v) is 7.45. The first kappa shape index (κ1) is 18.3. The van der Waals surface area contributed by atoms with Crippen LogP contribution in [0.2, 0.25) is 0 Å². The van der Waals surface area contributed by atoms with Gasteiger partial charge >= 0.3 is 11.9 Å². The Kier molecular flexibility index (Phi) is 5.86. The van der Waals surface area contributed by atoms with Crippen molar-refractivity contribution in [1.82, 2.24) is 0 Å². The molecule has 0 aliphatic carbocycles. The number of carbonyl (C=O) groups excluding carboxylic acids is 2. The number of hydrogen-bond donors (Lipinski definition) is 0. The van der Waals surface area contributed by atoms with Gasteiger partial charge in [0.05, 0.1) is 8.49 Å². The van der Waals surface area contributed by atoms with Crippen molar-refractivity contribution in [3.63, 3.8) is 0 Å². The van der Waals surface area contributed by atoms with Crippen molar-refractivity contribution in [3.8, 4) is 0 Å². The summed E-state index contributed by atoms with van der Waals surface area (Å²) in [6, 6.07) is 3.66. The molecule has 0 amide bonds. The first-order chi connectivity index (χ1) is 10.0. The molecule has 0 spiro atoms. The number of ether oxygens (including phenoxy) is 2. The third kappa shape index (κ3) is 4.93. The molecular formula is C14H16INO6. The van der Waals surface area contributed by atoms with Crippen molar-refractivity contribution in [2.75, 3.05) is 0 Å². The van der Waals surface area contributed by atoms with Crippen LogP contribution in [0, 0.1) is 27.5 Å². The van der Waals surface area contributed by atoms with Gasteiger partial charge in [0.1, 0.15) is 6.42 Å². The largest absolute Gasteiger partial charge is 0.423 e. The maximum atomic E-state index is 10.6. The van der Waals surface area contributed by atoms with E-state index >= 15 is 0 Å². The molecule has 0 aromatic heterocycles. The number of esters is 2. The Morgan fingerprint density at radius 2 is 1.68 bits per heavy atom. The van der Waals surface area contributed by atoms with Crippen LogP contribution in [-0.4, -0.2) is 22.6 Å². The molecule has 120 valence electrons. The predicted octanol–water partition coefficient (Wildman–Crippen LogP) is 3.03. The van der Waals surface area contributed by atoms with Crippen LogP contribution in [0.3, 0.4) is 0 Å². The average Bonchev–Trinajstić information content (AvgIpc) is 2.31. The van der Waals surface area contributed by atoms with Gasteiger partial charge in [-0.2, -0.15) is 0 Å². The van der Waals surface area contributed by atoms with Crippen LogP contribution >= 0.6 is 22.6 Å². The second kappa shape index (κ2) is 7.03. The Morgan fingerprint density at radius 1 is 1.18 bits per heavy atom. The lowest BCUT2D eigenvalue weighted by molar-refractivity contribution is -0.386. The minimum atomic E-state index is -1.08. The molecule has 2 rings (SSSR count). The zero-order valence-electron chi connectivity index (χ0n) is 12.6. The van der Waals surface area contributed by atoms with E-state index < -0.39 is 17.7 Å². The number of carbonyl (C=O) groups is 2. The second-order valence-electron chi connectivity index (χ2n) is 5.12. The quantitative estimate of drug-likeness (QED) is 0.228. The molecular weight excluding hydrogens is 405 g/mol. The van der Waals surface area contributed by atoms with Crippen molar-refractivity contribution >= 4 is 40.2 Å². The fourth-order valence-electron chi connectivity index (χ4n) is 1.75. The highest BCUT2D eigenvalue weighted by atomic mass is 127.